The van der Waals surface area contributed by atoms with E-state index in [1.54, 1.807) is 35.9 Å². The summed E-state index contributed by atoms with van der Waals surface area (Å²) in [6.07, 6.45) is 1.70. The third-order valence-electron chi connectivity index (χ3n) is 4.55. The maximum absolute atomic E-state index is 12.7. The van der Waals surface area contributed by atoms with Gasteiger partial charge in [-0.15, -0.1) is 0 Å². The van der Waals surface area contributed by atoms with Crippen LogP contribution >= 0.6 is 0 Å². The maximum Gasteiger partial charge on any atom is 0.274 e. The van der Waals surface area contributed by atoms with E-state index >= 15 is 0 Å². The topological polar surface area (TPSA) is 78.2 Å². The molecule has 1 amide bonds. The lowest BCUT2D eigenvalue weighted by molar-refractivity contribution is 0.0299. The molecule has 0 radical (unpaired) electrons. The Labute approximate surface area is 156 Å². The molecule has 1 fully saturated rings. The molecule has 1 saturated heterocycles. The molecular formula is C19H20N4O4. The zero-order valence-corrected chi connectivity index (χ0v) is 15.2. The minimum absolute atomic E-state index is 0.109. The quantitative estimate of drug-likeness (QED) is 0.700. The number of aromatic nitrogens is 3. The van der Waals surface area contributed by atoms with Crippen LogP contribution in [0, 0.1) is 0 Å². The van der Waals surface area contributed by atoms with E-state index in [-0.39, 0.29) is 5.91 Å². The number of rotatable bonds is 4. The standard InChI is InChI=1S/C19H20N4O4/c1-25-16-4-3-13(11-17(16)26-2)15-5-6-20-18-12-14(21-23(15)18)19(24)22-7-9-27-10-8-22/h3-6,11-12H,7-10H2,1-2H3. The zero-order valence-electron chi connectivity index (χ0n) is 15.2. The van der Waals surface area contributed by atoms with Gasteiger partial charge in [0.25, 0.3) is 5.91 Å². The highest BCUT2D eigenvalue weighted by atomic mass is 16.5. The van der Waals surface area contributed by atoms with E-state index in [0.29, 0.717) is 49.1 Å². The van der Waals surface area contributed by atoms with E-state index in [0.717, 1.165) is 11.3 Å². The molecule has 8 nitrogen and oxygen atoms in total. The van der Waals surface area contributed by atoms with Crippen LogP contribution in [0.25, 0.3) is 16.9 Å². The van der Waals surface area contributed by atoms with Gasteiger partial charge in [-0.1, -0.05) is 0 Å². The predicted molar refractivity (Wildman–Crippen MR) is 98.2 cm³/mol. The van der Waals surface area contributed by atoms with Gasteiger partial charge in [-0.05, 0) is 24.3 Å². The molecule has 0 bridgehead atoms. The molecular weight excluding hydrogens is 348 g/mol. The average Bonchev–Trinajstić information content (AvgIpc) is 3.17. The van der Waals surface area contributed by atoms with Crippen LogP contribution in [0.5, 0.6) is 11.5 Å². The summed E-state index contributed by atoms with van der Waals surface area (Å²) in [5.41, 5.74) is 2.67. The Morgan fingerprint density at radius 1 is 1.07 bits per heavy atom. The lowest BCUT2D eigenvalue weighted by Gasteiger charge is -2.25. The molecule has 0 N–H and O–H groups in total. The Hall–Kier alpha value is -3.13. The number of carbonyl (C=O) groups is 1. The van der Waals surface area contributed by atoms with Crippen LogP contribution in [0.1, 0.15) is 10.5 Å². The van der Waals surface area contributed by atoms with Gasteiger partial charge in [-0.25, -0.2) is 9.50 Å². The highest BCUT2D eigenvalue weighted by molar-refractivity contribution is 5.93. The lowest BCUT2D eigenvalue weighted by atomic mass is 10.1. The third kappa shape index (κ3) is 3.19. The Kier molecular flexibility index (Phi) is 4.64. The zero-order chi connectivity index (χ0) is 18.8. The Morgan fingerprint density at radius 2 is 1.85 bits per heavy atom. The number of methoxy groups -OCH3 is 2. The molecule has 0 aliphatic carbocycles. The molecule has 1 aliphatic rings. The summed E-state index contributed by atoms with van der Waals surface area (Å²) in [6, 6.07) is 9.19. The number of fused-ring (bicyclic) bond motifs is 1. The van der Waals surface area contributed by atoms with Crippen molar-refractivity contribution in [3.63, 3.8) is 0 Å². The van der Waals surface area contributed by atoms with Crippen LogP contribution in [-0.2, 0) is 4.74 Å². The van der Waals surface area contributed by atoms with E-state index in [1.807, 2.05) is 24.3 Å². The van der Waals surface area contributed by atoms with Gasteiger partial charge in [-0.2, -0.15) is 5.10 Å². The van der Waals surface area contributed by atoms with Gasteiger partial charge >= 0.3 is 0 Å². The summed E-state index contributed by atoms with van der Waals surface area (Å²) in [7, 11) is 3.19. The van der Waals surface area contributed by atoms with Crippen molar-refractivity contribution < 1.29 is 19.0 Å². The second kappa shape index (κ2) is 7.24. The largest absolute Gasteiger partial charge is 0.493 e. The molecule has 8 heteroatoms. The minimum atomic E-state index is -0.109. The van der Waals surface area contributed by atoms with Crippen LogP contribution in [0.4, 0.5) is 0 Å². The summed E-state index contributed by atoms with van der Waals surface area (Å²) in [5, 5.41) is 4.51. The molecule has 1 aliphatic heterocycles. The van der Waals surface area contributed by atoms with Crippen molar-refractivity contribution in [2.75, 3.05) is 40.5 Å². The van der Waals surface area contributed by atoms with Gasteiger partial charge in [0.05, 0.1) is 33.1 Å². The van der Waals surface area contributed by atoms with Crippen molar-refractivity contribution in [2.24, 2.45) is 0 Å². The fraction of sp³-hybridized carbons (Fsp3) is 0.316. The van der Waals surface area contributed by atoms with Gasteiger partial charge < -0.3 is 19.1 Å². The average molecular weight is 368 g/mol. The van der Waals surface area contributed by atoms with Crippen molar-refractivity contribution in [3.8, 4) is 22.8 Å². The number of benzene rings is 1. The Balaban J connectivity index is 1.74. The van der Waals surface area contributed by atoms with E-state index in [4.69, 9.17) is 14.2 Å². The van der Waals surface area contributed by atoms with E-state index in [1.165, 1.54) is 0 Å². The molecule has 1 aromatic carbocycles. The first-order chi connectivity index (χ1) is 13.2. The fourth-order valence-electron chi connectivity index (χ4n) is 3.14. The number of amides is 1. The lowest BCUT2D eigenvalue weighted by Crippen LogP contribution is -2.40. The van der Waals surface area contributed by atoms with Gasteiger partial charge in [0, 0.05) is 30.9 Å². The fourth-order valence-corrected chi connectivity index (χ4v) is 3.14. The van der Waals surface area contributed by atoms with Crippen LogP contribution in [-0.4, -0.2) is 65.9 Å². The third-order valence-corrected chi connectivity index (χ3v) is 4.55. The highest BCUT2D eigenvalue weighted by Gasteiger charge is 2.22. The van der Waals surface area contributed by atoms with Gasteiger partial charge in [0.1, 0.15) is 0 Å². The number of nitrogens with zero attached hydrogens (tertiary/aromatic N) is 4. The normalized spacial score (nSPS) is 14.4. The maximum atomic E-state index is 12.7. The van der Waals surface area contributed by atoms with E-state index in [9.17, 15) is 4.79 Å². The Bertz CT molecular complexity index is 979. The van der Waals surface area contributed by atoms with Crippen molar-refractivity contribution in [1.29, 1.82) is 0 Å². The summed E-state index contributed by atoms with van der Waals surface area (Å²) >= 11 is 0. The van der Waals surface area contributed by atoms with Crippen LogP contribution in [0.2, 0.25) is 0 Å². The smallest absolute Gasteiger partial charge is 0.274 e. The summed E-state index contributed by atoms with van der Waals surface area (Å²) in [5.74, 6) is 1.16. The molecule has 3 aromatic rings. The summed E-state index contributed by atoms with van der Waals surface area (Å²) in [6.45, 7) is 2.24. The number of hydrogen-bond donors (Lipinski definition) is 0. The molecule has 3 heterocycles. The van der Waals surface area contributed by atoms with Crippen LogP contribution < -0.4 is 9.47 Å². The molecule has 0 atom stereocenters. The van der Waals surface area contributed by atoms with Crippen LogP contribution in [0.3, 0.4) is 0 Å². The van der Waals surface area contributed by atoms with Gasteiger partial charge in [0.15, 0.2) is 22.8 Å². The minimum Gasteiger partial charge on any atom is -0.493 e. The Morgan fingerprint density at radius 3 is 2.59 bits per heavy atom. The van der Waals surface area contributed by atoms with Crippen molar-refractivity contribution in [3.05, 3.63) is 42.2 Å². The number of morpholine rings is 1. The molecule has 140 valence electrons. The second-order valence-corrected chi connectivity index (χ2v) is 6.10. The first-order valence-corrected chi connectivity index (χ1v) is 8.65. The van der Waals surface area contributed by atoms with Crippen LogP contribution in [0.15, 0.2) is 36.5 Å². The van der Waals surface area contributed by atoms with E-state index < -0.39 is 0 Å². The number of ether oxygens (including phenoxy) is 3. The molecule has 0 unspecified atom stereocenters. The molecule has 2 aromatic heterocycles. The first kappa shape index (κ1) is 17.3. The monoisotopic (exact) mass is 368 g/mol. The van der Waals surface area contributed by atoms with Gasteiger partial charge in [0.2, 0.25) is 0 Å². The molecule has 4 rings (SSSR count). The summed E-state index contributed by atoms with van der Waals surface area (Å²) < 4.78 is 17.7. The van der Waals surface area contributed by atoms with Crippen molar-refractivity contribution in [2.45, 2.75) is 0 Å². The number of carbonyl (C=O) groups excluding carboxylic acids is 1. The molecule has 0 spiro atoms. The van der Waals surface area contributed by atoms with Crippen molar-refractivity contribution in [1.82, 2.24) is 19.5 Å². The molecule has 27 heavy (non-hydrogen) atoms. The van der Waals surface area contributed by atoms with E-state index in [2.05, 4.69) is 10.1 Å². The first-order valence-electron chi connectivity index (χ1n) is 8.65. The van der Waals surface area contributed by atoms with Gasteiger partial charge in [-0.3, -0.25) is 4.79 Å². The number of hydrogen-bond acceptors (Lipinski definition) is 6. The second-order valence-electron chi connectivity index (χ2n) is 6.10. The SMILES string of the molecule is COc1ccc(-c2ccnc3cc(C(=O)N4CCOCC4)nn23)cc1OC. The summed E-state index contributed by atoms with van der Waals surface area (Å²) in [4.78, 5) is 18.8. The van der Waals surface area contributed by atoms with Crippen molar-refractivity contribution >= 4 is 11.6 Å². The predicted octanol–water partition coefficient (Wildman–Crippen LogP) is 1.89. The highest BCUT2D eigenvalue weighted by Crippen LogP contribution is 2.32. The molecule has 0 saturated carbocycles.